The Morgan fingerprint density at radius 3 is 2.18 bits per heavy atom. The molecule has 0 spiro atoms. The number of carbonyl (C=O) groups excluding carboxylic acids is 2. The molecule has 0 amide bonds. The van der Waals surface area contributed by atoms with E-state index < -0.39 is 17.9 Å². The van der Waals surface area contributed by atoms with Crippen LogP contribution in [0.2, 0.25) is 0 Å². The summed E-state index contributed by atoms with van der Waals surface area (Å²) in [4.78, 5) is 23.0. The van der Waals surface area contributed by atoms with Crippen molar-refractivity contribution in [2.24, 2.45) is 5.92 Å². The van der Waals surface area contributed by atoms with Crippen molar-refractivity contribution in [1.82, 2.24) is 5.32 Å². The highest BCUT2D eigenvalue weighted by Gasteiger charge is 2.27. The lowest BCUT2D eigenvalue weighted by Crippen LogP contribution is -2.28. The Morgan fingerprint density at radius 1 is 1.14 bits per heavy atom. The lowest BCUT2D eigenvalue weighted by Gasteiger charge is -2.16. The summed E-state index contributed by atoms with van der Waals surface area (Å²) in [6, 6.07) is 6.32. The van der Waals surface area contributed by atoms with E-state index in [0.717, 1.165) is 5.56 Å². The zero-order valence-electron chi connectivity index (χ0n) is 13.1. The first-order valence-corrected chi connectivity index (χ1v) is 7.14. The van der Waals surface area contributed by atoms with E-state index >= 15 is 0 Å². The van der Waals surface area contributed by atoms with Gasteiger partial charge >= 0.3 is 11.9 Å². The minimum Gasteiger partial charge on any atom is -0.468 e. The monoisotopic (exact) mass is 311 g/mol. The summed E-state index contributed by atoms with van der Waals surface area (Å²) >= 11 is 0. The van der Waals surface area contributed by atoms with Crippen LogP contribution in [0.15, 0.2) is 24.3 Å². The first-order valence-electron chi connectivity index (χ1n) is 7.14. The molecule has 6 heteroatoms. The molecule has 1 aromatic carbocycles. The molecule has 1 atom stereocenters. The van der Waals surface area contributed by atoms with Crippen LogP contribution in [0.5, 0.6) is 0 Å². The molecule has 0 saturated heterocycles. The zero-order chi connectivity index (χ0) is 16.5. The van der Waals surface area contributed by atoms with Gasteiger partial charge in [0.05, 0.1) is 14.2 Å². The number of carbonyl (C=O) groups is 2. The van der Waals surface area contributed by atoms with Crippen molar-refractivity contribution in [2.75, 3.05) is 20.8 Å². The number of hydrogen-bond acceptors (Lipinski definition) is 5. The number of halogens is 1. The van der Waals surface area contributed by atoms with Crippen LogP contribution in [0.4, 0.5) is 4.39 Å². The van der Waals surface area contributed by atoms with Gasteiger partial charge in [-0.25, -0.2) is 4.39 Å². The van der Waals surface area contributed by atoms with Gasteiger partial charge < -0.3 is 14.8 Å². The predicted molar refractivity (Wildman–Crippen MR) is 79.6 cm³/mol. The van der Waals surface area contributed by atoms with Crippen molar-refractivity contribution < 1.29 is 23.5 Å². The Morgan fingerprint density at radius 2 is 1.68 bits per heavy atom. The van der Waals surface area contributed by atoms with E-state index in [9.17, 15) is 14.0 Å². The van der Waals surface area contributed by atoms with Gasteiger partial charge in [-0.05, 0) is 44.0 Å². The summed E-state index contributed by atoms with van der Waals surface area (Å²) < 4.78 is 22.1. The number of hydrogen-bond donors (Lipinski definition) is 1. The van der Waals surface area contributed by atoms with Gasteiger partial charge in [-0.1, -0.05) is 12.1 Å². The van der Waals surface area contributed by atoms with Crippen LogP contribution in [0.3, 0.4) is 0 Å². The van der Waals surface area contributed by atoms with Crippen LogP contribution >= 0.6 is 0 Å². The summed E-state index contributed by atoms with van der Waals surface area (Å²) in [6.45, 7) is 2.58. The van der Waals surface area contributed by atoms with E-state index in [4.69, 9.17) is 0 Å². The van der Waals surface area contributed by atoms with Gasteiger partial charge in [0.25, 0.3) is 0 Å². The van der Waals surface area contributed by atoms with Crippen molar-refractivity contribution >= 4 is 11.9 Å². The predicted octanol–water partition coefficient (Wildman–Crippen LogP) is 2.22. The molecule has 0 radical (unpaired) electrons. The standard InChI is InChI=1S/C16H22FNO4/c1-11(12-6-8-13(17)9-7-12)18-10-4-5-14(15(19)21-2)16(20)22-3/h6-9,11,14,18H,4-5,10H2,1-3H3/t11-/m0/s1. The van der Waals surface area contributed by atoms with Crippen LogP contribution in [-0.4, -0.2) is 32.7 Å². The lowest BCUT2D eigenvalue weighted by molar-refractivity contribution is -0.159. The minimum atomic E-state index is -0.891. The number of rotatable bonds is 8. The number of nitrogens with one attached hydrogen (secondary N) is 1. The molecule has 22 heavy (non-hydrogen) atoms. The summed E-state index contributed by atoms with van der Waals surface area (Å²) in [5.74, 6) is -2.33. The third-order valence-electron chi connectivity index (χ3n) is 3.46. The summed E-state index contributed by atoms with van der Waals surface area (Å²) in [5.41, 5.74) is 0.971. The Hall–Kier alpha value is -1.95. The SMILES string of the molecule is COC(=O)C(CCCN[C@@H](C)c1ccc(F)cc1)C(=O)OC. The molecule has 122 valence electrons. The average Bonchev–Trinajstić information content (AvgIpc) is 2.54. The second-order valence-electron chi connectivity index (χ2n) is 4.97. The largest absolute Gasteiger partial charge is 0.468 e. The van der Waals surface area contributed by atoms with Crippen LogP contribution in [0.1, 0.15) is 31.4 Å². The number of ether oxygens (including phenoxy) is 2. The van der Waals surface area contributed by atoms with Crippen molar-refractivity contribution in [2.45, 2.75) is 25.8 Å². The quantitative estimate of drug-likeness (QED) is 0.453. The Balaban J connectivity index is 2.40. The highest BCUT2D eigenvalue weighted by molar-refractivity contribution is 5.94. The van der Waals surface area contributed by atoms with Crippen molar-refractivity contribution in [3.63, 3.8) is 0 Å². The molecule has 0 aliphatic heterocycles. The summed E-state index contributed by atoms with van der Waals surface area (Å²) in [6.07, 6.45) is 0.961. The number of methoxy groups -OCH3 is 2. The molecule has 5 nitrogen and oxygen atoms in total. The van der Waals surface area contributed by atoms with Gasteiger partial charge in [-0.3, -0.25) is 9.59 Å². The van der Waals surface area contributed by atoms with E-state index in [1.165, 1.54) is 26.4 Å². The zero-order valence-corrected chi connectivity index (χ0v) is 13.1. The normalized spacial score (nSPS) is 12.0. The molecule has 0 aromatic heterocycles. The van der Waals surface area contributed by atoms with Crippen molar-refractivity contribution in [1.29, 1.82) is 0 Å². The van der Waals surface area contributed by atoms with E-state index in [0.29, 0.717) is 19.4 Å². The maximum absolute atomic E-state index is 12.9. The molecule has 0 fully saturated rings. The molecule has 0 unspecified atom stereocenters. The van der Waals surface area contributed by atoms with Gasteiger partial charge in [0.1, 0.15) is 5.82 Å². The molecule has 1 N–H and O–H groups in total. The lowest BCUT2D eigenvalue weighted by atomic mass is 10.0. The maximum Gasteiger partial charge on any atom is 0.320 e. The topological polar surface area (TPSA) is 64.6 Å². The maximum atomic E-state index is 12.9. The molecule has 0 bridgehead atoms. The highest BCUT2D eigenvalue weighted by Crippen LogP contribution is 2.14. The van der Waals surface area contributed by atoms with Gasteiger partial charge in [0.2, 0.25) is 0 Å². The van der Waals surface area contributed by atoms with Crippen LogP contribution in [0, 0.1) is 11.7 Å². The first kappa shape index (κ1) is 18.1. The summed E-state index contributed by atoms with van der Waals surface area (Å²) in [7, 11) is 2.49. The first-order chi connectivity index (χ1) is 10.5. The number of esters is 2. The Bertz CT molecular complexity index is 473. The molecule has 1 rings (SSSR count). The van der Waals surface area contributed by atoms with E-state index in [2.05, 4.69) is 14.8 Å². The second kappa shape index (κ2) is 9.15. The Kier molecular flexibility index (Phi) is 7.52. The fraction of sp³-hybridized carbons (Fsp3) is 0.500. The van der Waals surface area contributed by atoms with E-state index in [1.807, 2.05) is 6.92 Å². The molecule has 0 aliphatic carbocycles. The minimum absolute atomic E-state index is 0.0512. The van der Waals surface area contributed by atoms with Crippen LogP contribution in [-0.2, 0) is 19.1 Å². The molecular formula is C16H22FNO4. The van der Waals surface area contributed by atoms with Gasteiger partial charge in [0.15, 0.2) is 5.92 Å². The fourth-order valence-electron chi connectivity index (χ4n) is 2.11. The van der Waals surface area contributed by atoms with Crippen LogP contribution < -0.4 is 5.32 Å². The van der Waals surface area contributed by atoms with Gasteiger partial charge in [0, 0.05) is 6.04 Å². The average molecular weight is 311 g/mol. The molecule has 0 saturated carbocycles. The number of benzene rings is 1. The Labute approximate surface area is 129 Å². The molecule has 1 aromatic rings. The van der Waals surface area contributed by atoms with Gasteiger partial charge in [-0.15, -0.1) is 0 Å². The van der Waals surface area contributed by atoms with E-state index in [1.54, 1.807) is 12.1 Å². The third kappa shape index (κ3) is 5.44. The van der Waals surface area contributed by atoms with Crippen LogP contribution in [0.25, 0.3) is 0 Å². The smallest absolute Gasteiger partial charge is 0.320 e. The van der Waals surface area contributed by atoms with Crippen molar-refractivity contribution in [3.8, 4) is 0 Å². The molecule has 0 aliphatic rings. The fourth-order valence-corrected chi connectivity index (χ4v) is 2.11. The second-order valence-corrected chi connectivity index (χ2v) is 4.97. The summed E-state index contributed by atoms with van der Waals surface area (Å²) in [5, 5.41) is 3.26. The molecular weight excluding hydrogens is 289 g/mol. The highest BCUT2D eigenvalue weighted by atomic mass is 19.1. The van der Waals surface area contributed by atoms with E-state index in [-0.39, 0.29) is 11.9 Å². The van der Waals surface area contributed by atoms with Gasteiger partial charge in [-0.2, -0.15) is 0 Å². The van der Waals surface area contributed by atoms with Crippen molar-refractivity contribution in [3.05, 3.63) is 35.6 Å². The third-order valence-corrected chi connectivity index (χ3v) is 3.46. The molecule has 0 heterocycles.